The minimum Gasteiger partial charge on any atom is -0.356 e. The van der Waals surface area contributed by atoms with E-state index in [1.807, 2.05) is 0 Å². The second kappa shape index (κ2) is 12.4. The van der Waals surface area contributed by atoms with Crippen molar-refractivity contribution in [1.29, 1.82) is 0 Å². The van der Waals surface area contributed by atoms with Gasteiger partial charge in [0.1, 0.15) is 9.84 Å². The number of halogens is 1. The van der Waals surface area contributed by atoms with Crippen molar-refractivity contribution in [1.82, 2.24) is 15.5 Å². The van der Waals surface area contributed by atoms with Gasteiger partial charge in [0.25, 0.3) is 0 Å². The predicted octanol–water partition coefficient (Wildman–Crippen LogP) is 2.49. The van der Waals surface area contributed by atoms with E-state index < -0.39 is 9.84 Å². The monoisotopic (exact) mass is 502 g/mol. The van der Waals surface area contributed by atoms with Crippen LogP contribution < -0.4 is 10.6 Å². The quantitative estimate of drug-likeness (QED) is 0.288. The smallest absolute Gasteiger partial charge is 0.191 e. The highest BCUT2D eigenvalue weighted by molar-refractivity contribution is 14.0. The van der Waals surface area contributed by atoms with Gasteiger partial charge in [-0.05, 0) is 37.6 Å². The van der Waals surface area contributed by atoms with E-state index in [-0.39, 0.29) is 35.1 Å². The van der Waals surface area contributed by atoms with Crippen molar-refractivity contribution in [2.45, 2.75) is 58.9 Å². The number of nitrogens with zero attached hydrogens (tertiary/aromatic N) is 2. The molecule has 1 fully saturated rings. The molecule has 1 rings (SSSR count). The van der Waals surface area contributed by atoms with Crippen molar-refractivity contribution in [2.24, 2.45) is 10.4 Å². The summed E-state index contributed by atoms with van der Waals surface area (Å²) >= 11 is 0. The van der Waals surface area contributed by atoms with Crippen LogP contribution in [0.25, 0.3) is 0 Å². The molecule has 1 aliphatic heterocycles. The molecule has 6 nitrogen and oxygen atoms in total. The number of likely N-dealkylation sites (tertiary alicyclic amines) is 1. The number of sulfone groups is 1. The van der Waals surface area contributed by atoms with Gasteiger partial charge in [-0.2, -0.15) is 0 Å². The average Bonchev–Trinajstić information content (AvgIpc) is 2.56. The van der Waals surface area contributed by atoms with E-state index in [0.717, 1.165) is 25.1 Å². The zero-order valence-electron chi connectivity index (χ0n) is 17.2. The molecule has 0 saturated carbocycles. The molecule has 0 aliphatic carbocycles. The number of piperidine rings is 1. The lowest BCUT2D eigenvalue weighted by molar-refractivity contribution is 0.147. The summed E-state index contributed by atoms with van der Waals surface area (Å²) in [4.78, 5) is 6.86. The minimum absolute atomic E-state index is 0. The number of hydrogen-bond donors (Lipinski definition) is 2. The normalized spacial score (nSPS) is 19.7. The molecule has 0 amide bonds. The van der Waals surface area contributed by atoms with E-state index in [9.17, 15) is 8.42 Å². The Kier molecular flexibility index (Phi) is 12.3. The SMILES string of the molecule is CCC1CCCCN1CCNC(=NC)NCC(C)(C)CCS(C)(=O)=O.I. The number of hydrogen-bond acceptors (Lipinski definition) is 4. The summed E-state index contributed by atoms with van der Waals surface area (Å²) in [5, 5.41) is 6.72. The van der Waals surface area contributed by atoms with E-state index in [1.54, 1.807) is 7.05 Å². The van der Waals surface area contributed by atoms with Gasteiger partial charge in [-0.25, -0.2) is 8.42 Å². The first-order valence-corrected chi connectivity index (χ1v) is 11.6. The largest absolute Gasteiger partial charge is 0.356 e. The van der Waals surface area contributed by atoms with Gasteiger partial charge in [0.2, 0.25) is 0 Å². The molecular formula is C18H39IN4O2S. The van der Waals surface area contributed by atoms with Crippen molar-refractivity contribution < 1.29 is 8.42 Å². The molecule has 8 heteroatoms. The van der Waals surface area contributed by atoms with Gasteiger partial charge in [0.05, 0.1) is 5.75 Å². The fraction of sp³-hybridized carbons (Fsp3) is 0.944. The van der Waals surface area contributed by atoms with Gasteiger partial charge in [0, 0.05) is 39.0 Å². The van der Waals surface area contributed by atoms with Gasteiger partial charge in [0.15, 0.2) is 5.96 Å². The molecule has 26 heavy (non-hydrogen) atoms. The Morgan fingerprint density at radius 1 is 1.27 bits per heavy atom. The molecule has 0 spiro atoms. The van der Waals surface area contributed by atoms with Crippen LogP contribution in [-0.2, 0) is 9.84 Å². The standard InChI is InChI=1S/C18H38N4O2S.HI/c1-6-16-9-7-8-12-22(16)13-11-20-17(19-4)21-15-18(2,3)10-14-25(5,23)24;/h16H,6-15H2,1-5H3,(H2,19,20,21);1H. The van der Waals surface area contributed by atoms with E-state index in [2.05, 4.69) is 41.3 Å². The summed E-state index contributed by atoms with van der Waals surface area (Å²) in [6.45, 7) is 10.2. The van der Waals surface area contributed by atoms with E-state index in [4.69, 9.17) is 0 Å². The Balaban J connectivity index is 0.00000625. The molecule has 0 radical (unpaired) electrons. The molecule has 2 N–H and O–H groups in total. The molecule has 1 unspecified atom stereocenters. The first-order chi connectivity index (χ1) is 11.7. The fourth-order valence-corrected chi connectivity index (χ4v) is 4.15. The van der Waals surface area contributed by atoms with Crippen molar-refractivity contribution in [3.05, 3.63) is 0 Å². The Bertz CT molecular complexity index is 523. The maximum Gasteiger partial charge on any atom is 0.191 e. The molecule has 0 aromatic heterocycles. The summed E-state index contributed by atoms with van der Waals surface area (Å²) in [6.07, 6.45) is 7.13. The first-order valence-electron chi connectivity index (χ1n) is 9.53. The van der Waals surface area contributed by atoms with Gasteiger partial charge < -0.3 is 10.6 Å². The highest BCUT2D eigenvalue weighted by atomic mass is 127. The summed E-state index contributed by atoms with van der Waals surface area (Å²) < 4.78 is 22.7. The van der Waals surface area contributed by atoms with E-state index in [1.165, 1.54) is 38.5 Å². The lowest BCUT2D eigenvalue weighted by Crippen LogP contribution is -2.47. The van der Waals surface area contributed by atoms with Crippen molar-refractivity contribution in [3.63, 3.8) is 0 Å². The molecule has 0 aromatic rings. The Hall–Kier alpha value is -0.0900. The molecule has 0 aromatic carbocycles. The topological polar surface area (TPSA) is 73.8 Å². The van der Waals surface area contributed by atoms with Gasteiger partial charge in [-0.15, -0.1) is 24.0 Å². The fourth-order valence-electron chi connectivity index (χ4n) is 3.23. The average molecular weight is 503 g/mol. The van der Waals surface area contributed by atoms with Crippen molar-refractivity contribution in [3.8, 4) is 0 Å². The third-order valence-corrected chi connectivity index (χ3v) is 5.97. The van der Waals surface area contributed by atoms with Gasteiger partial charge in [-0.3, -0.25) is 9.89 Å². The number of rotatable bonds is 9. The molecule has 156 valence electrons. The number of nitrogens with one attached hydrogen (secondary N) is 2. The van der Waals surface area contributed by atoms with Crippen LogP contribution in [0.4, 0.5) is 0 Å². The first kappa shape index (κ1) is 25.9. The molecule has 0 bridgehead atoms. The van der Waals surface area contributed by atoms with Crippen LogP contribution in [0, 0.1) is 5.41 Å². The summed E-state index contributed by atoms with van der Waals surface area (Å²) in [5.41, 5.74) is -0.0964. The number of guanidine groups is 1. The van der Waals surface area contributed by atoms with Crippen molar-refractivity contribution >= 4 is 39.8 Å². The highest BCUT2D eigenvalue weighted by Gasteiger charge is 2.22. The molecule has 1 saturated heterocycles. The summed E-state index contributed by atoms with van der Waals surface area (Å²) in [5.74, 6) is 1.01. The second-order valence-corrected chi connectivity index (χ2v) is 10.3. The maximum absolute atomic E-state index is 11.4. The second-order valence-electron chi connectivity index (χ2n) is 7.99. The Labute approximate surface area is 177 Å². The third kappa shape index (κ3) is 10.9. The highest BCUT2D eigenvalue weighted by Crippen LogP contribution is 2.20. The van der Waals surface area contributed by atoms with Crippen molar-refractivity contribution in [2.75, 3.05) is 45.2 Å². The third-order valence-electron chi connectivity index (χ3n) is 5.02. The van der Waals surface area contributed by atoms with Crippen LogP contribution in [0.15, 0.2) is 4.99 Å². The number of aliphatic imine (C=N–C) groups is 1. The van der Waals surface area contributed by atoms with Gasteiger partial charge >= 0.3 is 0 Å². The van der Waals surface area contributed by atoms with E-state index in [0.29, 0.717) is 13.0 Å². The summed E-state index contributed by atoms with van der Waals surface area (Å²) in [7, 11) is -1.14. The molecular weight excluding hydrogens is 463 g/mol. The molecule has 1 atom stereocenters. The van der Waals surface area contributed by atoms with Crippen LogP contribution in [0.5, 0.6) is 0 Å². The maximum atomic E-state index is 11.4. The minimum atomic E-state index is -2.92. The van der Waals surface area contributed by atoms with Crippen LogP contribution in [0.3, 0.4) is 0 Å². The Morgan fingerprint density at radius 2 is 1.96 bits per heavy atom. The predicted molar refractivity (Wildman–Crippen MR) is 122 cm³/mol. The zero-order valence-corrected chi connectivity index (χ0v) is 20.3. The molecule has 1 aliphatic rings. The van der Waals surface area contributed by atoms with Crippen LogP contribution in [0.2, 0.25) is 0 Å². The van der Waals surface area contributed by atoms with E-state index >= 15 is 0 Å². The van der Waals surface area contributed by atoms with Crippen LogP contribution in [0.1, 0.15) is 52.9 Å². The van der Waals surface area contributed by atoms with Gasteiger partial charge in [-0.1, -0.05) is 27.2 Å². The lowest BCUT2D eigenvalue weighted by atomic mass is 9.90. The van der Waals surface area contributed by atoms with Crippen LogP contribution >= 0.6 is 24.0 Å². The van der Waals surface area contributed by atoms with Crippen LogP contribution in [-0.4, -0.2) is 70.6 Å². The zero-order chi connectivity index (χ0) is 18.9. The molecule has 1 heterocycles. The summed E-state index contributed by atoms with van der Waals surface area (Å²) in [6, 6.07) is 0.723. The Morgan fingerprint density at radius 3 is 2.54 bits per heavy atom. The lowest BCUT2D eigenvalue weighted by Gasteiger charge is -2.35.